The Labute approximate surface area is 205 Å². The summed E-state index contributed by atoms with van der Waals surface area (Å²) >= 11 is 0. The van der Waals surface area contributed by atoms with Crippen LogP contribution in [0.25, 0.3) is 0 Å². The van der Waals surface area contributed by atoms with Crippen molar-refractivity contribution in [1.82, 2.24) is 4.90 Å². The van der Waals surface area contributed by atoms with E-state index in [1.54, 1.807) is 18.0 Å². The van der Waals surface area contributed by atoms with Gasteiger partial charge in [-0.25, -0.2) is 4.79 Å². The molecule has 2 aliphatic heterocycles. The first-order valence-corrected chi connectivity index (χ1v) is 12.4. The molecule has 0 unspecified atom stereocenters. The molecule has 7 nitrogen and oxygen atoms in total. The Morgan fingerprint density at radius 3 is 2.43 bits per heavy atom. The minimum absolute atomic E-state index is 0.0743. The highest BCUT2D eigenvalue weighted by atomic mass is 16.5. The van der Waals surface area contributed by atoms with Gasteiger partial charge in [-0.05, 0) is 41.7 Å². The molecule has 1 aromatic carbocycles. The summed E-state index contributed by atoms with van der Waals surface area (Å²) in [6.45, 7) is 8.11. The lowest BCUT2D eigenvalue weighted by atomic mass is 9.68. The van der Waals surface area contributed by atoms with Crippen molar-refractivity contribution in [1.29, 1.82) is 0 Å². The van der Waals surface area contributed by atoms with Crippen molar-refractivity contribution < 1.29 is 29.0 Å². The third-order valence-corrected chi connectivity index (χ3v) is 7.80. The quantitative estimate of drug-likeness (QED) is 0.653. The third-order valence-electron chi connectivity index (χ3n) is 7.80. The van der Waals surface area contributed by atoms with Crippen molar-refractivity contribution in [2.75, 3.05) is 14.2 Å². The highest BCUT2D eigenvalue weighted by Gasteiger charge is 2.53. The second-order valence-corrected chi connectivity index (χ2v) is 11.4. The second kappa shape index (κ2) is 7.97. The lowest BCUT2D eigenvalue weighted by Crippen LogP contribution is -2.36. The molecule has 1 saturated carbocycles. The molecule has 1 fully saturated rings. The van der Waals surface area contributed by atoms with E-state index in [9.17, 15) is 19.5 Å². The van der Waals surface area contributed by atoms with Crippen LogP contribution in [0, 0.1) is 11.3 Å². The van der Waals surface area contributed by atoms with Gasteiger partial charge in [-0.15, -0.1) is 0 Å². The molecular weight excluding hydrogens is 446 g/mol. The van der Waals surface area contributed by atoms with Gasteiger partial charge < -0.3 is 19.5 Å². The summed E-state index contributed by atoms with van der Waals surface area (Å²) in [7, 11) is 3.24. The van der Waals surface area contributed by atoms with Crippen LogP contribution in [0.1, 0.15) is 86.7 Å². The molecule has 0 aromatic heterocycles. The highest BCUT2D eigenvalue weighted by molar-refractivity contribution is 6.08. The van der Waals surface area contributed by atoms with E-state index in [0.717, 1.165) is 18.4 Å². The number of methoxy groups -OCH3 is 1. The average molecular weight is 480 g/mol. The Morgan fingerprint density at radius 2 is 1.86 bits per heavy atom. The summed E-state index contributed by atoms with van der Waals surface area (Å²) in [5, 5.41) is 10.4. The molecule has 1 amide bonds. The number of benzene rings is 1. The van der Waals surface area contributed by atoms with Gasteiger partial charge in [0, 0.05) is 31.0 Å². The number of amides is 1. The molecule has 186 valence electrons. The Hall–Kier alpha value is -3.09. The molecule has 1 aromatic rings. The zero-order valence-corrected chi connectivity index (χ0v) is 21.2. The van der Waals surface area contributed by atoms with Crippen LogP contribution in [0.4, 0.5) is 0 Å². The van der Waals surface area contributed by atoms with Crippen molar-refractivity contribution >= 4 is 17.7 Å². The summed E-state index contributed by atoms with van der Waals surface area (Å²) in [4.78, 5) is 41.8. The number of Topliss-reactive ketones (excluding diaryl/α,β-unsaturated/α-hetero) is 1. The molecule has 2 aliphatic carbocycles. The Morgan fingerprint density at radius 1 is 1.17 bits per heavy atom. The van der Waals surface area contributed by atoms with E-state index in [4.69, 9.17) is 9.47 Å². The maximum atomic E-state index is 13.7. The first-order chi connectivity index (χ1) is 16.5. The standard InChI is InChI=1S/C28H33NO6/c1-13(2)24-25-23(26(31)29(24)5)22(20-16(30)11-28(3,4)12-18(20)35-25)21-17(34-6)10-9-15(14-7-8-14)19(21)27(32)33/h9-10,13-14,22,24H,7-8,11-12H2,1-6H3,(H,32,33)/t22-,24-/m1/s1. The number of allylic oxidation sites excluding steroid dienone is 2. The molecular formula is C28H33NO6. The van der Waals surface area contributed by atoms with Gasteiger partial charge >= 0.3 is 5.97 Å². The van der Waals surface area contributed by atoms with Crippen LogP contribution in [0.2, 0.25) is 0 Å². The van der Waals surface area contributed by atoms with E-state index >= 15 is 0 Å². The maximum absolute atomic E-state index is 13.7. The number of rotatable bonds is 5. The van der Waals surface area contributed by atoms with Crippen LogP contribution < -0.4 is 4.74 Å². The van der Waals surface area contributed by atoms with Crippen molar-refractivity contribution in [2.45, 2.75) is 71.3 Å². The number of aromatic carboxylic acids is 1. The van der Waals surface area contributed by atoms with Gasteiger partial charge in [0.15, 0.2) is 5.78 Å². The Kier molecular flexibility index (Phi) is 5.38. The zero-order valence-electron chi connectivity index (χ0n) is 21.2. The first-order valence-electron chi connectivity index (χ1n) is 12.4. The van der Waals surface area contributed by atoms with Crippen molar-refractivity contribution in [3.05, 3.63) is 51.5 Å². The molecule has 35 heavy (non-hydrogen) atoms. The molecule has 4 aliphatic rings. The number of likely N-dealkylation sites (N-methyl/N-ethyl adjacent to an activating group) is 1. The molecule has 7 heteroatoms. The van der Waals surface area contributed by atoms with Gasteiger partial charge in [0.05, 0.1) is 30.2 Å². The number of carboxylic acid groups (broad SMARTS) is 1. The van der Waals surface area contributed by atoms with Gasteiger partial charge in [-0.1, -0.05) is 33.8 Å². The molecule has 0 spiro atoms. The normalized spacial score (nSPS) is 25.6. The second-order valence-electron chi connectivity index (χ2n) is 11.4. The SMILES string of the molecule is COc1ccc(C2CC2)c(C(=O)O)c1[C@H]1C2=C(CC(C)(C)CC2=O)OC2=C1C(=O)N(C)[C@@H]2C(C)C. The minimum Gasteiger partial charge on any atom is -0.496 e. The molecule has 5 rings (SSSR count). The van der Waals surface area contributed by atoms with Gasteiger partial charge in [0.1, 0.15) is 17.3 Å². The fourth-order valence-corrected chi connectivity index (χ4v) is 6.20. The number of hydrogen-bond acceptors (Lipinski definition) is 5. The maximum Gasteiger partial charge on any atom is 0.336 e. The number of nitrogens with zero attached hydrogens (tertiary/aromatic N) is 1. The van der Waals surface area contributed by atoms with Gasteiger partial charge in [-0.2, -0.15) is 0 Å². The summed E-state index contributed by atoms with van der Waals surface area (Å²) in [5.41, 5.74) is 1.77. The fourth-order valence-electron chi connectivity index (χ4n) is 6.20. The first kappa shape index (κ1) is 23.6. The summed E-state index contributed by atoms with van der Waals surface area (Å²) in [6, 6.07) is 3.31. The van der Waals surface area contributed by atoms with E-state index in [-0.39, 0.29) is 40.5 Å². The van der Waals surface area contributed by atoms with Crippen molar-refractivity contribution in [2.24, 2.45) is 11.3 Å². The lowest BCUT2D eigenvalue weighted by Gasteiger charge is -2.39. The lowest BCUT2D eigenvalue weighted by molar-refractivity contribution is -0.126. The number of carbonyl (C=O) groups excluding carboxylic acids is 2. The monoisotopic (exact) mass is 479 g/mol. The topological polar surface area (TPSA) is 93.1 Å². The molecule has 2 atom stereocenters. The zero-order chi connectivity index (χ0) is 25.4. The van der Waals surface area contributed by atoms with Crippen LogP contribution >= 0.6 is 0 Å². The molecule has 2 heterocycles. The average Bonchev–Trinajstić information content (AvgIpc) is 3.57. The van der Waals surface area contributed by atoms with Crippen LogP contribution in [-0.4, -0.2) is 47.9 Å². The number of hydrogen-bond donors (Lipinski definition) is 1. The van der Waals surface area contributed by atoms with E-state index in [2.05, 4.69) is 0 Å². The van der Waals surface area contributed by atoms with Gasteiger partial charge in [0.2, 0.25) is 0 Å². The summed E-state index contributed by atoms with van der Waals surface area (Å²) in [6.07, 6.45) is 2.69. The number of ether oxygens (including phenoxy) is 2. The smallest absolute Gasteiger partial charge is 0.336 e. The van der Waals surface area contributed by atoms with Crippen molar-refractivity contribution in [3.63, 3.8) is 0 Å². The van der Waals surface area contributed by atoms with E-state index in [0.29, 0.717) is 46.8 Å². The fraction of sp³-hybridized carbons (Fsp3) is 0.536. The van der Waals surface area contributed by atoms with E-state index in [1.165, 1.54) is 7.11 Å². The Balaban J connectivity index is 1.84. The van der Waals surface area contributed by atoms with Crippen LogP contribution in [0.15, 0.2) is 34.8 Å². The van der Waals surface area contributed by atoms with E-state index < -0.39 is 11.9 Å². The summed E-state index contributed by atoms with van der Waals surface area (Å²) < 4.78 is 12.1. The number of ketones is 1. The van der Waals surface area contributed by atoms with Gasteiger partial charge in [-0.3, -0.25) is 9.59 Å². The summed E-state index contributed by atoms with van der Waals surface area (Å²) in [5.74, 6) is -0.539. The van der Waals surface area contributed by atoms with E-state index in [1.807, 2.05) is 33.8 Å². The molecule has 0 saturated heterocycles. The van der Waals surface area contributed by atoms with Crippen LogP contribution in [-0.2, 0) is 14.3 Å². The number of carboxylic acids is 1. The van der Waals surface area contributed by atoms with Crippen LogP contribution in [0.3, 0.4) is 0 Å². The van der Waals surface area contributed by atoms with Crippen LogP contribution in [0.5, 0.6) is 5.75 Å². The molecule has 1 N–H and O–H groups in total. The molecule has 0 radical (unpaired) electrons. The largest absolute Gasteiger partial charge is 0.496 e. The Bertz CT molecular complexity index is 1220. The van der Waals surface area contributed by atoms with Crippen molar-refractivity contribution in [3.8, 4) is 5.75 Å². The van der Waals surface area contributed by atoms with Gasteiger partial charge in [0.25, 0.3) is 5.91 Å². The third kappa shape index (κ3) is 3.58. The predicted octanol–water partition coefficient (Wildman–Crippen LogP) is 4.78. The highest BCUT2D eigenvalue weighted by Crippen LogP contribution is 2.55. The minimum atomic E-state index is -1.07. The predicted molar refractivity (Wildman–Crippen MR) is 129 cm³/mol. The molecule has 0 bridgehead atoms. The number of carbonyl (C=O) groups is 3.